The molecular weight excluding hydrogens is 1390 g/mol. The van der Waals surface area contributed by atoms with Crippen molar-refractivity contribution >= 4 is 120 Å². The second-order valence-electron chi connectivity index (χ2n) is 26.3. The highest BCUT2D eigenvalue weighted by atomic mass is 16.5. The summed E-state index contributed by atoms with van der Waals surface area (Å²) in [7, 11) is 9.83. The van der Waals surface area contributed by atoms with E-state index in [0.29, 0.717) is 129 Å². The van der Waals surface area contributed by atoms with E-state index in [2.05, 4.69) is 79.7 Å². The number of aromatic nitrogens is 12. The zero-order valence-corrected chi connectivity index (χ0v) is 61.0. The van der Waals surface area contributed by atoms with E-state index in [0.717, 1.165) is 122 Å². The first kappa shape index (κ1) is 71.3. The molecule has 14 aromatic rings. The van der Waals surface area contributed by atoms with Crippen molar-refractivity contribution in [1.29, 1.82) is 0 Å². The van der Waals surface area contributed by atoms with Crippen molar-refractivity contribution in [2.45, 2.75) is 70.6 Å². The topological polar surface area (TPSA) is 396 Å². The number of rotatable bonds is 23. The number of benzene rings is 5. The van der Waals surface area contributed by atoms with E-state index in [1.54, 1.807) is 82.9 Å². The molecule has 3 amide bonds. The number of aliphatic hydroxyl groups is 1. The van der Waals surface area contributed by atoms with Gasteiger partial charge in [0.1, 0.15) is 63.0 Å². The van der Waals surface area contributed by atoms with Gasteiger partial charge in [0, 0.05) is 136 Å². The van der Waals surface area contributed by atoms with Crippen LogP contribution in [0.25, 0.3) is 88.7 Å². The SMILES string of the molecule is CNC(=O)c1ccc(Nc2nc(NC3CC3)c3c(-c4ccc5nc(C)oc5c4)c[nH]c3n2)c(OC)c1.CNC(=O)c1ccc(Nc2nc(NC3CC3)c3c(-c4ccn(C)c4)c[nH]c3n2)c(OC)c1.COc1cc(C(=O)NCCO)ccc1Nc1nc(OC2CCOCC2)c2c(-c3ccc4nc(C)oc4c3)c[nH]c2n1. The van der Waals surface area contributed by atoms with Crippen LogP contribution in [0.1, 0.15) is 81.4 Å². The summed E-state index contributed by atoms with van der Waals surface area (Å²) in [6, 6.07) is 30.1. The number of aryl methyl sites for hydroxylation is 3. The Kier molecular flexibility index (Phi) is 20.3. The summed E-state index contributed by atoms with van der Waals surface area (Å²) in [6.45, 7) is 4.93. The van der Waals surface area contributed by atoms with Crippen LogP contribution in [0.3, 0.4) is 0 Å². The molecule has 1 aliphatic heterocycles. The molecule has 2 saturated carbocycles. The maximum absolute atomic E-state index is 12.4. The predicted octanol–water partition coefficient (Wildman–Crippen LogP) is 12.5. The molecule has 1 saturated heterocycles. The van der Waals surface area contributed by atoms with Gasteiger partial charge in [0.05, 0.1) is 74.4 Å². The van der Waals surface area contributed by atoms with Gasteiger partial charge in [-0.1, -0.05) is 12.1 Å². The van der Waals surface area contributed by atoms with E-state index < -0.39 is 0 Å². The van der Waals surface area contributed by atoms with Crippen LogP contribution in [-0.4, -0.2) is 162 Å². The Morgan fingerprint density at radius 2 is 0.963 bits per heavy atom. The molecule has 3 fully saturated rings. The van der Waals surface area contributed by atoms with Crippen LogP contribution in [0.5, 0.6) is 23.1 Å². The maximum atomic E-state index is 12.4. The number of carbonyl (C=O) groups excluding carboxylic acids is 3. The molecule has 9 aromatic heterocycles. The minimum absolute atomic E-state index is 0.0527. The lowest BCUT2D eigenvalue weighted by Crippen LogP contribution is -2.26. The van der Waals surface area contributed by atoms with Crippen molar-refractivity contribution < 1.29 is 52.0 Å². The number of oxazole rings is 2. The first-order valence-corrected chi connectivity index (χ1v) is 35.6. The molecular formula is C78H80N20O11. The van der Waals surface area contributed by atoms with Gasteiger partial charge in [0.25, 0.3) is 17.7 Å². The summed E-state index contributed by atoms with van der Waals surface area (Å²) in [4.78, 5) is 83.5. The highest BCUT2D eigenvalue weighted by Crippen LogP contribution is 2.42. The average Bonchev–Trinajstić information content (AvgIpc) is 1.66. The second kappa shape index (κ2) is 31.0. The number of amides is 3. The minimum atomic E-state index is -0.314. The van der Waals surface area contributed by atoms with E-state index in [4.69, 9.17) is 67.5 Å². The van der Waals surface area contributed by atoms with E-state index in [1.807, 2.05) is 86.6 Å². The maximum Gasteiger partial charge on any atom is 0.251 e. The molecule has 558 valence electrons. The molecule has 0 radical (unpaired) electrons. The third-order valence-electron chi connectivity index (χ3n) is 18.6. The zero-order chi connectivity index (χ0) is 75.4. The highest BCUT2D eigenvalue weighted by molar-refractivity contribution is 6.05. The Hall–Kier alpha value is -13.3. The first-order chi connectivity index (χ1) is 53.1. The molecule has 109 heavy (non-hydrogen) atoms. The molecule has 2 aliphatic carbocycles. The molecule has 17 rings (SSSR count). The van der Waals surface area contributed by atoms with E-state index in [1.165, 1.54) is 7.11 Å². The van der Waals surface area contributed by atoms with Gasteiger partial charge in [-0.2, -0.15) is 29.9 Å². The number of anilines is 8. The normalized spacial score (nSPS) is 13.5. The van der Waals surface area contributed by atoms with E-state index >= 15 is 0 Å². The lowest BCUT2D eigenvalue weighted by molar-refractivity contribution is 0.0244. The quantitative estimate of drug-likeness (QED) is 0.0283. The molecule has 0 spiro atoms. The third-order valence-corrected chi connectivity index (χ3v) is 18.6. The molecule has 0 unspecified atom stereocenters. The van der Waals surface area contributed by atoms with Gasteiger partial charge < -0.3 is 99.7 Å². The largest absolute Gasteiger partial charge is 0.495 e. The Balaban J connectivity index is 0.000000131. The van der Waals surface area contributed by atoms with Crippen molar-refractivity contribution in [1.82, 2.24) is 75.3 Å². The number of nitrogens with one attached hydrogen (secondary N) is 11. The Morgan fingerprint density at radius 3 is 1.39 bits per heavy atom. The first-order valence-electron chi connectivity index (χ1n) is 35.6. The number of nitrogens with zero attached hydrogens (tertiary/aromatic N) is 9. The smallest absolute Gasteiger partial charge is 0.251 e. The van der Waals surface area contributed by atoms with Crippen LogP contribution in [-0.2, 0) is 11.8 Å². The summed E-state index contributed by atoms with van der Waals surface area (Å²) in [6.07, 6.45) is 15.8. The Morgan fingerprint density at radius 1 is 0.523 bits per heavy atom. The average molecular weight is 1470 g/mol. The number of hydrogen-bond donors (Lipinski definition) is 12. The van der Waals surface area contributed by atoms with Crippen molar-refractivity contribution in [2.75, 3.05) is 88.4 Å². The van der Waals surface area contributed by atoms with Crippen molar-refractivity contribution in [3.63, 3.8) is 0 Å². The van der Waals surface area contributed by atoms with E-state index in [9.17, 15) is 14.4 Å². The number of carbonyl (C=O) groups is 3. The molecule has 12 N–H and O–H groups in total. The Labute approximate surface area is 623 Å². The van der Waals surface area contributed by atoms with Gasteiger partial charge >= 0.3 is 0 Å². The minimum Gasteiger partial charge on any atom is -0.495 e. The lowest BCUT2D eigenvalue weighted by Gasteiger charge is -2.23. The van der Waals surface area contributed by atoms with Gasteiger partial charge in [-0.25, -0.2) is 9.97 Å². The van der Waals surface area contributed by atoms with Crippen LogP contribution in [0.2, 0.25) is 0 Å². The molecule has 3 aliphatic rings. The summed E-state index contributed by atoms with van der Waals surface area (Å²) >= 11 is 0. The van der Waals surface area contributed by atoms with Crippen LogP contribution >= 0.6 is 0 Å². The fraction of sp³-hybridized carbons (Fsp3) is 0.269. The number of H-pyrrole nitrogens is 3. The molecule has 31 nitrogen and oxygen atoms in total. The van der Waals surface area contributed by atoms with E-state index in [-0.39, 0.29) is 37.0 Å². The highest BCUT2D eigenvalue weighted by Gasteiger charge is 2.29. The monoisotopic (exact) mass is 1470 g/mol. The molecule has 31 heteroatoms. The van der Waals surface area contributed by atoms with Gasteiger partial charge in [-0.15, -0.1) is 0 Å². The number of aromatic amines is 3. The lowest BCUT2D eigenvalue weighted by atomic mass is 10.1. The Bertz CT molecular complexity index is 5730. The van der Waals surface area contributed by atoms with Crippen LogP contribution in [0, 0.1) is 13.8 Å². The summed E-state index contributed by atoms with van der Waals surface area (Å²) in [5, 5.41) is 36.3. The van der Waals surface area contributed by atoms with Crippen molar-refractivity contribution in [3.8, 4) is 56.5 Å². The third kappa shape index (κ3) is 15.7. The summed E-state index contributed by atoms with van der Waals surface area (Å²) in [5.74, 6) is 5.15. The number of hydrogen-bond acceptors (Lipinski definition) is 24. The molecule has 0 bridgehead atoms. The number of aliphatic hydroxyl groups excluding tert-OH is 1. The van der Waals surface area contributed by atoms with Crippen LogP contribution in [0.15, 0.2) is 137 Å². The number of fused-ring (bicyclic) bond motifs is 5. The predicted molar refractivity (Wildman–Crippen MR) is 414 cm³/mol. The number of ether oxygens (including phenoxy) is 5. The van der Waals surface area contributed by atoms with Gasteiger partial charge in [0.2, 0.25) is 23.7 Å². The van der Waals surface area contributed by atoms with Gasteiger partial charge in [-0.05, 0) is 122 Å². The second-order valence-corrected chi connectivity index (χ2v) is 26.3. The zero-order valence-electron chi connectivity index (χ0n) is 61.0. The molecule has 5 aromatic carbocycles. The fourth-order valence-corrected chi connectivity index (χ4v) is 12.8. The standard InChI is InChI=1S/C29H30N6O6.C26H25N7O3.C23H25N7O2/c1-16-32-22-5-3-17(13-24(22)40-16)20-15-31-26-25(20)28(41-19-7-11-39-12-8-19)35-29(34-26)33-21-6-4-18(14-23(21)38-2)27(37)30-9-10-36;1-13-29-19-8-4-14(10-21(19)36-13)17-12-28-23-22(17)24(30-16-6-7-16)33-26(32-23)31-18-9-5-15(25(34)27-2)11-20(18)35-3;1-24-22(31)13-4-7-17(18(10-13)32-3)27-23-28-20-19(21(29-23)26-15-5-6-15)16(11-25-20)14-8-9-30(2)12-14/h3-6,13-15,19,36H,7-12H2,1-2H3,(H,30,37)(H2,31,33,34,35);4-5,8-12,16H,6-7H2,1-3H3,(H,27,34)(H3,28,30,31,32,33);4,7-12,15H,5-6H2,1-3H3,(H,24,31)(H3,25,26,27,28,29). The summed E-state index contributed by atoms with van der Waals surface area (Å²) in [5.41, 5.74) is 14.3. The molecule has 10 heterocycles. The fourth-order valence-electron chi connectivity index (χ4n) is 12.8. The molecule has 0 atom stereocenters. The van der Waals surface area contributed by atoms with Crippen molar-refractivity contribution in [3.05, 3.63) is 157 Å². The van der Waals surface area contributed by atoms with Gasteiger partial charge in [-0.3, -0.25) is 14.4 Å². The van der Waals surface area contributed by atoms with Crippen LogP contribution in [0.4, 0.5) is 46.5 Å². The van der Waals surface area contributed by atoms with Crippen LogP contribution < -0.4 is 61.5 Å². The number of methoxy groups -OCH3 is 3. The summed E-state index contributed by atoms with van der Waals surface area (Å²) < 4.78 is 42.1. The van der Waals surface area contributed by atoms with Crippen molar-refractivity contribution in [2.24, 2.45) is 7.05 Å². The van der Waals surface area contributed by atoms with Gasteiger partial charge in [0.15, 0.2) is 22.9 Å².